The number of fused-ring (bicyclic) bond motifs is 3. The Morgan fingerprint density at radius 3 is 2.83 bits per heavy atom. The lowest BCUT2D eigenvalue weighted by Gasteiger charge is -2.51. The maximum absolute atomic E-state index is 12.9. The summed E-state index contributed by atoms with van der Waals surface area (Å²) in [7, 11) is 0. The summed E-state index contributed by atoms with van der Waals surface area (Å²) >= 11 is 0. The van der Waals surface area contributed by atoms with Crippen LogP contribution in [0.15, 0.2) is 24.4 Å². The number of quaternary nitrogens is 1. The topological polar surface area (TPSA) is 60.6 Å². The molecule has 2 N–H and O–H groups in total. The molecule has 4 heterocycles. The van der Waals surface area contributed by atoms with Gasteiger partial charge in [0.15, 0.2) is 0 Å². The van der Waals surface area contributed by atoms with Gasteiger partial charge in [0.05, 0.1) is 24.9 Å². The van der Waals surface area contributed by atoms with E-state index in [1.54, 1.807) is 4.90 Å². The van der Waals surface area contributed by atoms with E-state index in [1.165, 1.54) is 25.1 Å². The van der Waals surface area contributed by atoms with Gasteiger partial charge in [-0.15, -0.1) is 0 Å². The summed E-state index contributed by atoms with van der Waals surface area (Å²) in [6.07, 6.45) is 8.03. The number of nitrogens with zero attached hydrogens (tertiary/aromatic N) is 1. The van der Waals surface area contributed by atoms with Crippen molar-refractivity contribution >= 4 is 11.8 Å². The molecule has 5 aliphatic rings. The molecule has 0 aromatic carbocycles. The molecule has 0 amide bonds. The fraction of sp³-hybridized carbons (Fsp3) is 0.750. The quantitative estimate of drug-likeness (QED) is 0.586. The first-order valence-corrected chi connectivity index (χ1v) is 12.0. The minimum absolute atomic E-state index is 0.0714. The number of piperazine rings is 1. The monoisotopic (exact) mass is 413 g/mol. The molecule has 6 nitrogen and oxygen atoms in total. The SMILES string of the molecule is C[C@]12CCC[C@@]3(CO3)[C@H]1C[C@H]1[C@@H](C2)OC(=O)[C@@H]1C[NH+]1CCN(c2cccc[nH+]2)CC1. The molecule has 2 aliphatic carbocycles. The average molecular weight is 414 g/mol. The minimum atomic E-state index is 0.0714. The van der Waals surface area contributed by atoms with Crippen LogP contribution in [-0.4, -0.2) is 57.0 Å². The second kappa shape index (κ2) is 6.92. The van der Waals surface area contributed by atoms with Crippen molar-refractivity contribution in [2.75, 3.05) is 44.2 Å². The number of nitrogens with one attached hydrogen (secondary N) is 2. The molecule has 6 rings (SSSR count). The van der Waals surface area contributed by atoms with Crippen LogP contribution < -0.4 is 14.8 Å². The van der Waals surface area contributed by atoms with E-state index in [-0.39, 0.29) is 29.0 Å². The fourth-order valence-electron chi connectivity index (χ4n) is 7.35. The molecule has 5 fully saturated rings. The van der Waals surface area contributed by atoms with Crippen LogP contribution in [0.1, 0.15) is 39.0 Å². The molecule has 0 unspecified atom stereocenters. The largest absolute Gasteiger partial charge is 0.462 e. The van der Waals surface area contributed by atoms with Crippen molar-refractivity contribution in [3.63, 3.8) is 0 Å². The van der Waals surface area contributed by atoms with Crippen LogP contribution in [0.5, 0.6) is 0 Å². The Bertz CT molecular complexity index is 805. The zero-order chi connectivity index (χ0) is 20.3. The maximum Gasteiger partial charge on any atom is 0.315 e. The number of epoxide rings is 1. The minimum Gasteiger partial charge on any atom is -0.462 e. The summed E-state index contributed by atoms with van der Waals surface area (Å²) in [5, 5.41) is 0. The highest BCUT2D eigenvalue weighted by molar-refractivity contribution is 5.75. The van der Waals surface area contributed by atoms with Crippen LogP contribution in [0.3, 0.4) is 0 Å². The van der Waals surface area contributed by atoms with Crippen LogP contribution in [0.2, 0.25) is 0 Å². The Labute approximate surface area is 178 Å². The third kappa shape index (κ3) is 3.06. The van der Waals surface area contributed by atoms with Gasteiger partial charge in [-0.2, -0.15) is 0 Å². The highest BCUT2D eigenvalue weighted by atomic mass is 16.6. The van der Waals surface area contributed by atoms with Gasteiger partial charge >= 0.3 is 5.97 Å². The molecule has 0 radical (unpaired) electrons. The molecular formula is C24H35N3O3+2. The fourth-order valence-corrected chi connectivity index (χ4v) is 7.35. The van der Waals surface area contributed by atoms with E-state index < -0.39 is 0 Å². The second-order valence-corrected chi connectivity index (χ2v) is 10.8. The first-order valence-electron chi connectivity index (χ1n) is 12.0. The van der Waals surface area contributed by atoms with Gasteiger partial charge in [0.1, 0.15) is 38.2 Å². The average Bonchev–Trinajstić information content (AvgIpc) is 3.46. The third-order valence-corrected chi connectivity index (χ3v) is 9.09. The number of aromatic nitrogens is 1. The summed E-state index contributed by atoms with van der Waals surface area (Å²) < 4.78 is 12.1. The molecule has 1 aromatic rings. The molecule has 1 aromatic heterocycles. The van der Waals surface area contributed by atoms with E-state index >= 15 is 0 Å². The molecule has 6 atom stereocenters. The normalized spacial score (nSPS) is 43.2. The molecule has 2 saturated carbocycles. The standard InChI is InChI=1S/C24H33N3O3/c1-23-6-4-7-24(16-29-24)20(23)13-17-18(22(28)30-19(17)14-23)15-26-9-11-27(12-10-26)21-5-2-3-8-25-21/h2-3,5,8,17-20H,4,6-7,9-16H2,1H3/p+2/t17-,18-,19-,20+,23-,24-/m1/s1. The highest BCUT2D eigenvalue weighted by Gasteiger charge is 2.65. The summed E-state index contributed by atoms with van der Waals surface area (Å²) in [5.41, 5.74) is 0.425. The molecular weight excluding hydrogens is 378 g/mol. The number of anilines is 1. The van der Waals surface area contributed by atoms with Gasteiger partial charge in [0, 0.05) is 12.0 Å². The number of aromatic amines is 1. The Morgan fingerprint density at radius 1 is 1.27 bits per heavy atom. The van der Waals surface area contributed by atoms with Gasteiger partial charge in [-0.1, -0.05) is 13.0 Å². The number of H-pyrrole nitrogens is 1. The predicted octanol–water partition coefficient (Wildman–Crippen LogP) is 0.733. The van der Waals surface area contributed by atoms with Crippen LogP contribution in [0, 0.1) is 23.2 Å². The summed E-state index contributed by atoms with van der Waals surface area (Å²) in [5.74, 6) is 2.34. The molecule has 3 saturated heterocycles. The van der Waals surface area contributed by atoms with Crippen LogP contribution >= 0.6 is 0 Å². The number of hydrogen-bond donors (Lipinski definition) is 1. The second-order valence-electron chi connectivity index (χ2n) is 10.8. The molecule has 0 bridgehead atoms. The van der Waals surface area contributed by atoms with Crippen molar-refractivity contribution in [3.8, 4) is 0 Å². The van der Waals surface area contributed by atoms with Crippen molar-refractivity contribution in [2.24, 2.45) is 23.2 Å². The maximum atomic E-state index is 12.9. The summed E-state index contributed by atoms with van der Waals surface area (Å²) in [6, 6.07) is 6.24. The predicted molar refractivity (Wildman–Crippen MR) is 111 cm³/mol. The lowest BCUT2D eigenvalue weighted by molar-refractivity contribution is -0.903. The Morgan fingerprint density at radius 2 is 2.10 bits per heavy atom. The number of ether oxygens (including phenoxy) is 2. The number of pyridine rings is 1. The molecule has 3 aliphatic heterocycles. The van der Waals surface area contributed by atoms with Crippen LogP contribution in [0.4, 0.5) is 5.82 Å². The first kappa shape index (κ1) is 19.1. The van der Waals surface area contributed by atoms with Crippen molar-refractivity contribution in [1.82, 2.24) is 0 Å². The van der Waals surface area contributed by atoms with E-state index in [2.05, 4.69) is 28.9 Å². The van der Waals surface area contributed by atoms with Gasteiger partial charge in [-0.25, -0.2) is 4.98 Å². The zero-order valence-electron chi connectivity index (χ0n) is 18.1. The molecule has 30 heavy (non-hydrogen) atoms. The van der Waals surface area contributed by atoms with Crippen molar-refractivity contribution in [1.29, 1.82) is 0 Å². The summed E-state index contributed by atoms with van der Waals surface area (Å²) in [6.45, 7) is 8.53. The van der Waals surface area contributed by atoms with Gasteiger partial charge < -0.3 is 14.4 Å². The van der Waals surface area contributed by atoms with E-state index in [9.17, 15) is 4.79 Å². The number of rotatable bonds is 3. The number of esters is 1. The van der Waals surface area contributed by atoms with Gasteiger partial charge in [0.25, 0.3) is 5.82 Å². The lowest BCUT2D eigenvalue weighted by Crippen LogP contribution is -3.15. The number of hydrogen-bond acceptors (Lipinski definition) is 4. The van der Waals surface area contributed by atoms with Crippen molar-refractivity contribution in [2.45, 2.75) is 50.7 Å². The van der Waals surface area contributed by atoms with Crippen LogP contribution in [-0.2, 0) is 14.3 Å². The zero-order valence-corrected chi connectivity index (χ0v) is 18.1. The molecule has 162 valence electrons. The van der Waals surface area contributed by atoms with Crippen molar-refractivity contribution in [3.05, 3.63) is 24.4 Å². The third-order valence-electron chi connectivity index (χ3n) is 9.09. The first-order chi connectivity index (χ1) is 14.6. The highest BCUT2D eigenvalue weighted by Crippen LogP contribution is 2.62. The summed E-state index contributed by atoms with van der Waals surface area (Å²) in [4.78, 5) is 20.2. The van der Waals surface area contributed by atoms with Crippen LogP contribution in [0.25, 0.3) is 0 Å². The molecule has 1 spiro atoms. The van der Waals surface area contributed by atoms with E-state index in [1.807, 2.05) is 12.3 Å². The Kier molecular flexibility index (Phi) is 4.40. The van der Waals surface area contributed by atoms with E-state index in [0.29, 0.717) is 11.8 Å². The van der Waals surface area contributed by atoms with Crippen molar-refractivity contribution < 1.29 is 24.2 Å². The van der Waals surface area contributed by atoms with Gasteiger partial charge in [0.2, 0.25) is 0 Å². The van der Waals surface area contributed by atoms with E-state index in [0.717, 1.165) is 52.2 Å². The smallest absolute Gasteiger partial charge is 0.315 e. The Hall–Kier alpha value is -1.66. The lowest BCUT2D eigenvalue weighted by atomic mass is 9.53. The van der Waals surface area contributed by atoms with Gasteiger partial charge in [-0.05, 0) is 49.5 Å². The number of carbonyl (C=O) groups excluding carboxylic acids is 1. The molecule has 6 heteroatoms. The van der Waals surface area contributed by atoms with E-state index in [4.69, 9.17) is 9.47 Å². The number of carbonyl (C=O) groups is 1. The van der Waals surface area contributed by atoms with Gasteiger partial charge in [-0.3, -0.25) is 9.69 Å². The Balaban J connectivity index is 1.12.